The fourth-order valence-corrected chi connectivity index (χ4v) is 1.43. The first-order valence-corrected chi connectivity index (χ1v) is 4.80. The number of hydrogen-bond donors (Lipinski definition) is 2. The van der Waals surface area contributed by atoms with Crippen molar-refractivity contribution in [2.75, 3.05) is 0 Å². The lowest BCUT2D eigenvalue weighted by Crippen LogP contribution is -2.23. The van der Waals surface area contributed by atoms with Gasteiger partial charge in [0, 0.05) is 24.5 Å². The molecule has 5 nitrogen and oxygen atoms in total. The number of thiol groups is 1. The summed E-state index contributed by atoms with van der Waals surface area (Å²) in [7, 11) is -3.62. The first-order chi connectivity index (χ1) is 5.56. The van der Waals surface area contributed by atoms with Crippen LogP contribution in [0.15, 0.2) is 29.3 Å². The van der Waals surface area contributed by atoms with Crippen LogP contribution in [-0.4, -0.2) is 12.4 Å². The van der Waals surface area contributed by atoms with Crippen molar-refractivity contribution in [3.63, 3.8) is 0 Å². The third-order valence-electron chi connectivity index (χ3n) is 1.16. The van der Waals surface area contributed by atoms with Gasteiger partial charge in [0.1, 0.15) is 0 Å². The lowest BCUT2D eigenvalue weighted by Gasteiger charge is -2.03. The average Bonchev–Trinajstić information content (AvgIpc) is 2.05. The summed E-state index contributed by atoms with van der Waals surface area (Å²) in [6.45, 7) is 0. The minimum atomic E-state index is -3.62. The highest BCUT2D eigenvalue weighted by molar-refractivity contribution is 7.99. The van der Waals surface area contributed by atoms with E-state index in [4.69, 9.17) is 0 Å². The predicted molar refractivity (Wildman–Crippen MR) is 47.1 cm³/mol. The Morgan fingerprint density at radius 2 is 1.83 bits per heavy atom. The average molecular weight is 206 g/mol. The molecule has 7 heteroatoms. The molecule has 66 valence electrons. The summed E-state index contributed by atoms with van der Waals surface area (Å²) in [6, 6.07) is 2.28. The normalized spacial score (nSPS) is 11.4. The maximum atomic E-state index is 11.0. The van der Waals surface area contributed by atoms with Gasteiger partial charge in [0.25, 0.3) is 0 Å². The smallest absolute Gasteiger partial charge is 0.290 e. The number of pyridine rings is 1. The van der Waals surface area contributed by atoms with E-state index in [0.29, 0.717) is 0 Å². The van der Waals surface area contributed by atoms with Crippen molar-refractivity contribution in [2.45, 2.75) is 0 Å². The Labute approximate surface area is 74.8 Å². The molecule has 1 aromatic heterocycles. The molecule has 0 unspecified atom stereocenters. The Morgan fingerprint density at radius 1 is 1.33 bits per heavy atom. The summed E-state index contributed by atoms with van der Waals surface area (Å²) >= 11 is 3.40. The standard InChI is InChI=1S/C5H6N2O3S2/c8-5-1-3-7(4-2-5)12(9,10)6-11/h1-4,6,11H. The summed E-state index contributed by atoms with van der Waals surface area (Å²) in [4.78, 5) is 10.6. The molecule has 0 bridgehead atoms. The van der Waals surface area contributed by atoms with Crippen LogP contribution in [-0.2, 0) is 10.2 Å². The number of nitrogens with one attached hydrogen (secondary N) is 1. The van der Waals surface area contributed by atoms with Gasteiger partial charge in [0.2, 0.25) is 0 Å². The number of rotatable bonds is 2. The van der Waals surface area contributed by atoms with Crippen LogP contribution in [0.1, 0.15) is 0 Å². The van der Waals surface area contributed by atoms with E-state index in [1.807, 2.05) is 0 Å². The minimum absolute atomic E-state index is 0.249. The van der Waals surface area contributed by atoms with Gasteiger partial charge in [0.15, 0.2) is 5.43 Å². The van der Waals surface area contributed by atoms with Crippen molar-refractivity contribution in [3.05, 3.63) is 34.7 Å². The molecule has 0 spiro atoms. The van der Waals surface area contributed by atoms with Crippen LogP contribution in [0.3, 0.4) is 0 Å². The van der Waals surface area contributed by atoms with Crippen molar-refractivity contribution < 1.29 is 8.42 Å². The lowest BCUT2D eigenvalue weighted by molar-refractivity contribution is 0.585. The summed E-state index contributed by atoms with van der Waals surface area (Å²) in [6.07, 6.45) is 2.28. The molecule has 0 aromatic carbocycles. The van der Waals surface area contributed by atoms with Gasteiger partial charge in [-0.3, -0.25) is 4.79 Å². The van der Waals surface area contributed by atoms with Gasteiger partial charge in [-0.1, -0.05) is 12.8 Å². The molecule has 1 N–H and O–H groups in total. The molecule has 12 heavy (non-hydrogen) atoms. The highest BCUT2D eigenvalue weighted by Gasteiger charge is 2.06. The molecule has 0 atom stereocenters. The first-order valence-electron chi connectivity index (χ1n) is 2.91. The molecule has 0 aliphatic rings. The van der Waals surface area contributed by atoms with Crippen LogP contribution in [0.4, 0.5) is 0 Å². The minimum Gasteiger partial charge on any atom is -0.290 e. The molecule has 0 amide bonds. The highest BCUT2D eigenvalue weighted by atomic mass is 32.3. The zero-order valence-corrected chi connectivity index (χ0v) is 7.55. The molecular formula is C5H6N2O3S2. The summed E-state index contributed by atoms with van der Waals surface area (Å²) < 4.78 is 24.6. The Morgan fingerprint density at radius 3 is 2.25 bits per heavy atom. The van der Waals surface area contributed by atoms with Gasteiger partial charge in [-0.25, -0.2) is 3.97 Å². The van der Waals surface area contributed by atoms with E-state index in [2.05, 4.69) is 12.8 Å². The maximum absolute atomic E-state index is 11.0. The Kier molecular flexibility index (Phi) is 2.55. The molecule has 1 rings (SSSR count). The van der Waals surface area contributed by atoms with Crippen molar-refractivity contribution in [3.8, 4) is 0 Å². The van der Waals surface area contributed by atoms with Crippen LogP contribution < -0.4 is 9.56 Å². The van der Waals surface area contributed by atoms with Crippen LogP contribution in [0.2, 0.25) is 0 Å². The number of nitrogens with zero attached hydrogens (tertiary/aromatic N) is 1. The van der Waals surface area contributed by atoms with Crippen molar-refractivity contribution >= 4 is 23.0 Å². The van der Waals surface area contributed by atoms with Crippen molar-refractivity contribution in [1.82, 2.24) is 8.10 Å². The molecular weight excluding hydrogens is 200 g/mol. The Bertz CT molecular complexity index is 402. The van der Waals surface area contributed by atoms with Gasteiger partial charge in [-0.05, 0) is 0 Å². The number of aromatic nitrogens is 1. The van der Waals surface area contributed by atoms with Gasteiger partial charge in [0.05, 0.1) is 0 Å². The van der Waals surface area contributed by atoms with E-state index < -0.39 is 10.2 Å². The third kappa shape index (κ3) is 1.87. The molecule has 1 heterocycles. The van der Waals surface area contributed by atoms with Crippen LogP contribution in [0.25, 0.3) is 0 Å². The van der Waals surface area contributed by atoms with E-state index in [1.165, 1.54) is 0 Å². The number of hydrogen-bond acceptors (Lipinski definition) is 4. The Hall–Kier alpha value is -0.790. The molecule has 0 saturated heterocycles. The SMILES string of the molecule is O=c1ccn(S(=O)(=O)NS)cc1. The maximum Gasteiger partial charge on any atom is 0.313 e. The molecule has 0 radical (unpaired) electrons. The van der Waals surface area contributed by atoms with Gasteiger partial charge >= 0.3 is 10.2 Å². The van der Waals surface area contributed by atoms with Gasteiger partial charge in [-0.2, -0.15) is 8.42 Å². The molecule has 0 aliphatic heterocycles. The van der Waals surface area contributed by atoms with E-state index in [1.54, 1.807) is 4.13 Å². The fraction of sp³-hybridized carbons (Fsp3) is 0. The second-order valence-electron chi connectivity index (χ2n) is 1.96. The van der Waals surface area contributed by atoms with Crippen molar-refractivity contribution in [2.24, 2.45) is 0 Å². The summed E-state index contributed by atoms with van der Waals surface area (Å²) in [5.41, 5.74) is -0.249. The van der Waals surface area contributed by atoms with Crippen LogP contribution in [0.5, 0.6) is 0 Å². The second kappa shape index (κ2) is 3.30. The zero-order valence-electron chi connectivity index (χ0n) is 5.84. The highest BCUT2D eigenvalue weighted by Crippen LogP contribution is 1.91. The van der Waals surface area contributed by atoms with E-state index in [9.17, 15) is 13.2 Å². The molecule has 0 saturated carbocycles. The first kappa shape index (κ1) is 9.30. The molecule has 1 aromatic rings. The summed E-state index contributed by atoms with van der Waals surface area (Å²) in [5, 5.41) is 0. The quantitative estimate of drug-likeness (QED) is 0.633. The zero-order chi connectivity index (χ0) is 9.19. The van der Waals surface area contributed by atoms with Crippen LogP contribution in [0, 0.1) is 0 Å². The topological polar surface area (TPSA) is 68.2 Å². The van der Waals surface area contributed by atoms with Crippen molar-refractivity contribution in [1.29, 1.82) is 0 Å². The predicted octanol–water partition coefficient (Wildman–Crippen LogP) is -0.624. The van der Waals surface area contributed by atoms with Crippen LogP contribution >= 0.6 is 12.8 Å². The third-order valence-corrected chi connectivity index (χ3v) is 2.89. The monoisotopic (exact) mass is 206 g/mol. The lowest BCUT2D eigenvalue weighted by atomic mass is 10.5. The fourth-order valence-electron chi connectivity index (χ4n) is 0.606. The van der Waals surface area contributed by atoms with E-state index in [0.717, 1.165) is 28.5 Å². The second-order valence-corrected chi connectivity index (χ2v) is 4.06. The molecule has 0 fully saturated rings. The van der Waals surface area contributed by atoms with E-state index in [-0.39, 0.29) is 5.43 Å². The Balaban J connectivity index is 3.23. The largest absolute Gasteiger partial charge is 0.313 e. The molecule has 0 aliphatic carbocycles. The van der Waals surface area contributed by atoms with Gasteiger partial charge in [-0.15, -0.1) is 4.13 Å². The van der Waals surface area contributed by atoms with Gasteiger partial charge < -0.3 is 0 Å². The summed E-state index contributed by atoms with van der Waals surface area (Å²) in [5.74, 6) is 0. The van der Waals surface area contributed by atoms with E-state index >= 15 is 0 Å².